The van der Waals surface area contributed by atoms with Crippen LogP contribution in [0, 0.1) is 0 Å². The number of aryl methyl sites for hydroxylation is 1. The average molecular weight is 639 g/mol. The monoisotopic (exact) mass is 638 g/mol. The normalized spacial score (nSPS) is 20.5. The lowest BCUT2D eigenvalue weighted by Crippen LogP contribution is -2.51. The number of rotatable bonds is 8. The molecular formula is C31H43ClN8O3Si. The summed E-state index contributed by atoms with van der Waals surface area (Å²) in [5.41, 5.74) is 3.79. The van der Waals surface area contributed by atoms with Crippen molar-refractivity contribution in [2.45, 2.75) is 102 Å². The van der Waals surface area contributed by atoms with Crippen molar-refractivity contribution in [1.82, 2.24) is 35.3 Å². The highest BCUT2D eigenvalue weighted by atomic mass is 35.5. The summed E-state index contributed by atoms with van der Waals surface area (Å²) in [6.07, 6.45) is 5.25. The van der Waals surface area contributed by atoms with Crippen molar-refractivity contribution in [1.29, 1.82) is 0 Å². The van der Waals surface area contributed by atoms with Crippen LogP contribution in [0.15, 0.2) is 18.3 Å². The first-order chi connectivity index (χ1) is 20.8. The average Bonchev–Trinajstić information content (AvgIpc) is 3.57. The number of hydrogen-bond donors (Lipinski definition) is 2. The molecule has 0 spiro atoms. The van der Waals surface area contributed by atoms with Gasteiger partial charge in [-0.3, -0.25) is 9.78 Å². The van der Waals surface area contributed by atoms with E-state index in [1.165, 1.54) is 0 Å². The van der Waals surface area contributed by atoms with Crippen LogP contribution >= 0.6 is 11.6 Å². The number of H-pyrrole nitrogens is 1. The lowest BCUT2D eigenvalue weighted by atomic mass is 9.97. The van der Waals surface area contributed by atoms with Crippen LogP contribution in [0.4, 0.5) is 10.6 Å². The van der Waals surface area contributed by atoms with E-state index in [-0.39, 0.29) is 24.2 Å². The molecular weight excluding hydrogens is 596 g/mol. The van der Waals surface area contributed by atoms with Gasteiger partial charge in [-0.2, -0.15) is 10.2 Å². The molecule has 0 saturated carbocycles. The van der Waals surface area contributed by atoms with E-state index in [1.54, 1.807) is 4.68 Å². The van der Waals surface area contributed by atoms with Crippen molar-refractivity contribution in [3.8, 4) is 11.3 Å². The number of piperidine rings is 1. The summed E-state index contributed by atoms with van der Waals surface area (Å²) < 4.78 is 13.5. The highest BCUT2D eigenvalue weighted by Crippen LogP contribution is 2.41. The number of benzene rings is 1. The van der Waals surface area contributed by atoms with Gasteiger partial charge in [0.1, 0.15) is 22.5 Å². The zero-order valence-electron chi connectivity index (χ0n) is 26.7. The SMILES string of the molecule is Cn1cc2c(Cl)c(-c3n[nH]c4nc(N5[C@@H]6CC[C@H]5C[C@@H](NC(=O)OC(C)(C)C)C6)c(COCC[Si](C)(C)C)nc34)ccc2n1. The van der Waals surface area contributed by atoms with E-state index >= 15 is 0 Å². The number of ether oxygens (including phenoxy) is 2. The van der Waals surface area contributed by atoms with Crippen molar-refractivity contribution in [2.75, 3.05) is 11.5 Å². The molecule has 2 N–H and O–H groups in total. The number of carbonyl (C=O) groups excluding carboxylic acids is 1. The number of nitrogens with zero attached hydrogens (tertiary/aromatic N) is 6. The van der Waals surface area contributed by atoms with E-state index < -0.39 is 13.7 Å². The van der Waals surface area contributed by atoms with Gasteiger partial charge in [0.15, 0.2) is 11.5 Å². The standard InChI is InChI=1S/C31H43ClN8O3Si/c1-31(2,3)43-30(41)33-18-14-19-8-9-20(15-18)40(19)29-24(17-42-12-13-44(5,6)7)34-27-26(36-37-28(27)35-29)21-10-11-23-22(25(21)32)16-39(4)38-23/h10-11,16,18-20H,8-9,12-15,17H2,1-7H3,(H,33,41)(H,35,36,37)/t18-,19+,20-. The summed E-state index contributed by atoms with van der Waals surface area (Å²) in [4.78, 5) is 25.3. The van der Waals surface area contributed by atoms with Gasteiger partial charge in [0.2, 0.25) is 0 Å². The minimum Gasteiger partial charge on any atom is -0.444 e. The third kappa shape index (κ3) is 6.43. The Morgan fingerprint density at radius 1 is 1.16 bits per heavy atom. The maximum atomic E-state index is 12.5. The Hall–Kier alpha value is -3.22. The molecule has 2 aliphatic heterocycles. The van der Waals surface area contributed by atoms with Crippen LogP contribution in [0.2, 0.25) is 30.7 Å². The van der Waals surface area contributed by atoms with Gasteiger partial charge in [-0.15, -0.1) is 0 Å². The van der Waals surface area contributed by atoms with Crippen molar-refractivity contribution in [3.05, 3.63) is 29.0 Å². The molecule has 11 nitrogen and oxygen atoms in total. The molecule has 5 heterocycles. The van der Waals surface area contributed by atoms with Crippen molar-refractivity contribution < 1.29 is 14.3 Å². The van der Waals surface area contributed by atoms with Gasteiger partial charge in [-0.1, -0.05) is 31.2 Å². The largest absolute Gasteiger partial charge is 0.444 e. The first-order valence-electron chi connectivity index (χ1n) is 15.5. The number of nitrogens with one attached hydrogen (secondary N) is 2. The summed E-state index contributed by atoms with van der Waals surface area (Å²) in [6.45, 7) is 13.7. The van der Waals surface area contributed by atoms with E-state index in [4.69, 9.17) is 31.0 Å². The van der Waals surface area contributed by atoms with E-state index in [9.17, 15) is 4.79 Å². The third-order valence-corrected chi connectivity index (χ3v) is 10.5. The molecule has 0 radical (unpaired) electrons. The lowest BCUT2D eigenvalue weighted by Gasteiger charge is -2.40. The topological polar surface area (TPSA) is 123 Å². The van der Waals surface area contributed by atoms with Gasteiger partial charge in [-0.25, -0.2) is 14.8 Å². The third-order valence-electron chi connectivity index (χ3n) is 8.37. The fourth-order valence-electron chi connectivity index (χ4n) is 6.38. The second kappa shape index (κ2) is 11.6. The fourth-order valence-corrected chi connectivity index (χ4v) is 7.44. The number of fused-ring (bicyclic) bond motifs is 4. The van der Waals surface area contributed by atoms with Crippen LogP contribution in [-0.4, -0.2) is 74.4 Å². The minimum atomic E-state index is -1.26. The van der Waals surface area contributed by atoms with Crippen LogP contribution < -0.4 is 10.2 Å². The van der Waals surface area contributed by atoms with Crippen LogP contribution in [-0.2, 0) is 23.1 Å². The molecule has 0 aliphatic carbocycles. The summed E-state index contributed by atoms with van der Waals surface area (Å²) in [5, 5.41) is 16.8. The Morgan fingerprint density at radius 2 is 1.89 bits per heavy atom. The summed E-state index contributed by atoms with van der Waals surface area (Å²) in [7, 11) is 0.624. The number of amides is 1. The van der Waals surface area contributed by atoms with Gasteiger partial charge < -0.3 is 19.7 Å². The van der Waals surface area contributed by atoms with E-state index in [0.717, 1.165) is 59.7 Å². The van der Waals surface area contributed by atoms with Gasteiger partial charge in [0.25, 0.3) is 0 Å². The number of aromatic nitrogens is 6. The molecule has 1 amide bonds. The first-order valence-corrected chi connectivity index (χ1v) is 19.6. The molecule has 2 fully saturated rings. The van der Waals surface area contributed by atoms with Crippen LogP contribution in [0.3, 0.4) is 0 Å². The predicted octanol–water partition coefficient (Wildman–Crippen LogP) is 6.44. The second-order valence-electron chi connectivity index (χ2n) is 14.4. The quantitative estimate of drug-likeness (QED) is 0.167. The smallest absolute Gasteiger partial charge is 0.407 e. The van der Waals surface area contributed by atoms with Gasteiger partial charge >= 0.3 is 6.09 Å². The van der Waals surface area contributed by atoms with Gasteiger partial charge in [0.05, 0.1) is 17.1 Å². The molecule has 4 aromatic rings. The van der Waals surface area contributed by atoms with E-state index in [1.807, 2.05) is 46.1 Å². The number of hydrogen-bond acceptors (Lipinski definition) is 8. The molecule has 0 unspecified atom stereocenters. The molecule has 6 rings (SSSR count). The van der Waals surface area contributed by atoms with Crippen LogP contribution in [0.1, 0.15) is 52.1 Å². The summed E-state index contributed by atoms with van der Waals surface area (Å²) in [5.74, 6) is 0.831. The number of alkyl carbamates (subject to hydrolysis) is 1. The van der Waals surface area contributed by atoms with Crippen LogP contribution in [0.5, 0.6) is 0 Å². The first kappa shape index (κ1) is 30.8. The number of carbonyl (C=O) groups is 1. The minimum absolute atomic E-state index is 0.0510. The molecule has 236 valence electrons. The predicted molar refractivity (Wildman–Crippen MR) is 176 cm³/mol. The van der Waals surface area contributed by atoms with E-state index in [2.05, 4.69) is 45.2 Å². The van der Waals surface area contributed by atoms with Gasteiger partial charge in [-0.05, 0) is 64.6 Å². The number of aromatic amines is 1. The van der Waals surface area contributed by atoms with Crippen molar-refractivity contribution in [2.24, 2.45) is 7.05 Å². The van der Waals surface area contributed by atoms with E-state index in [0.29, 0.717) is 35.1 Å². The molecule has 2 saturated heterocycles. The molecule has 3 aromatic heterocycles. The molecule has 2 aliphatic rings. The van der Waals surface area contributed by atoms with Crippen LogP contribution in [0.25, 0.3) is 33.3 Å². The molecule has 44 heavy (non-hydrogen) atoms. The Balaban J connectivity index is 1.32. The summed E-state index contributed by atoms with van der Waals surface area (Å²) >= 11 is 6.89. The fraction of sp³-hybridized carbons (Fsp3) is 0.581. The van der Waals surface area contributed by atoms with Crippen molar-refractivity contribution in [3.63, 3.8) is 0 Å². The zero-order valence-corrected chi connectivity index (χ0v) is 28.5. The van der Waals surface area contributed by atoms with Crippen molar-refractivity contribution >= 4 is 53.7 Å². The Labute approximate surface area is 264 Å². The highest BCUT2D eigenvalue weighted by Gasteiger charge is 2.43. The molecule has 1 aromatic carbocycles. The Morgan fingerprint density at radius 3 is 2.57 bits per heavy atom. The Kier molecular flexibility index (Phi) is 8.12. The van der Waals surface area contributed by atoms with Gasteiger partial charge in [0, 0.05) is 57.0 Å². The molecule has 2 bridgehead atoms. The number of anilines is 1. The maximum absolute atomic E-state index is 12.5. The summed E-state index contributed by atoms with van der Waals surface area (Å²) in [6, 6.07) is 5.47. The molecule has 3 atom stereocenters. The lowest BCUT2D eigenvalue weighted by molar-refractivity contribution is 0.0492. The molecule has 13 heteroatoms. The maximum Gasteiger partial charge on any atom is 0.407 e. The Bertz CT molecular complexity index is 1680. The zero-order chi connectivity index (χ0) is 31.4. The number of halogens is 1. The highest BCUT2D eigenvalue weighted by molar-refractivity contribution is 6.76. The second-order valence-corrected chi connectivity index (χ2v) is 20.4.